The lowest BCUT2D eigenvalue weighted by molar-refractivity contribution is 0.0919. The van der Waals surface area contributed by atoms with Gasteiger partial charge in [0.1, 0.15) is 11.2 Å². The number of tetrazole rings is 1. The topological polar surface area (TPSA) is 92.9 Å². The molecule has 0 fully saturated rings. The van der Waals surface area contributed by atoms with Crippen molar-refractivity contribution >= 4 is 17.2 Å². The molecule has 2 aromatic heterocycles. The lowest BCUT2D eigenvalue weighted by Crippen LogP contribution is -2.36. The van der Waals surface area contributed by atoms with E-state index in [9.17, 15) is 4.79 Å². The number of amides is 1. The number of nitrogens with zero attached hydrogens (tertiary/aromatic N) is 4. The Balaban J connectivity index is 2.19. The van der Waals surface area contributed by atoms with E-state index in [4.69, 9.17) is 5.11 Å². The van der Waals surface area contributed by atoms with E-state index < -0.39 is 0 Å². The first-order valence-corrected chi connectivity index (χ1v) is 6.36. The third-order valence-corrected chi connectivity index (χ3v) is 3.40. The summed E-state index contributed by atoms with van der Waals surface area (Å²) in [7, 11) is 0. The molecule has 0 aromatic carbocycles. The molecule has 2 rings (SSSR count). The number of thiophene rings is 1. The molecule has 18 heavy (non-hydrogen) atoms. The lowest BCUT2D eigenvalue weighted by Gasteiger charge is -2.13. The summed E-state index contributed by atoms with van der Waals surface area (Å²) in [5.74, 6) is -0.226. The second kappa shape index (κ2) is 5.69. The summed E-state index contributed by atoms with van der Waals surface area (Å²) in [4.78, 5) is 12.6. The van der Waals surface area contributed by atoms with Gasteiger partial charge in [-0.15, -0.1) is 16.4 Å². The first-order chi connectivity index (χ1) is 8.76. The minimum Gasteiger partial charge on any atom is -0.394 e. The molecule has 0 aliphatic rings. The van der Waals surface area contributed by atoms with Crippen molar-refractivity contribution in [3.05, 3.63) is 22.7 Å². The molecule has 2 N–H and O–H groups in total. The smallest absolute Gasteiger partial charge is 0.263 e. The number of rotatable bonds is 5. The highest BCUT2D eigenvalue weighted by Crippen LogP contribution is 2.19. The summed E-state index contributed by atoms with van der Waals surface area (Å²) in [6, 6.07) is 1.54. The molecule has 0 bridgehead atoms. The number of carbonyl (C=O) groups is 1. The number of carbonyl (C=O) groups excluding carboxylic acids is 1. The van der Waals surface area contributed by atoms with Crippen LogP contribution < -0.4 is 5.32 Å². The zero-order valence-corrected chi connectivity index (χ0v) is 10.6. The van der Waals surface area contributed by atoms with Gasteiger partial charge in [-0.05, 0) is 28.3 Å². The summed E-state index contributed by atoms with van der Waals surface area (Å²) < 4.78 is 1.44. The summed E-state index contributed by atoms with van der Waals surface area (Å²) in [5, 5.41) is 24.5. The molecule has 2 aromatic rings. The number of aliphatic hydroxyl groups is 1. The van der Waals surface area contributed by atoms with Crippen LogP contribution >= 0.6 is 11.3 Å². The van der Waals surface area contributed by atoms with Crippen LogP contribution in [0, 0.1) is 0 Å². The Hall–Kier alpha value is -1.80. The molecule has 0 aliphatic heterocycles. The summed E-state index contributed by atoms with van der Waals surface area (Å²) in [6.45, 7) is 1.83. The van der Waals surface area contributed by atoms with E-state index in [0.29, 0.717) is 17.0 Å². The van der Waals surface area contributed by atoms with Crippen molar-refractivity contribution in [2.24, 2.45) is 0 Å². The van der Waals surface area contributed by atoms with Gasteiger partial charge in [0.15, 0.2) is 0 Å². The minimum absolute atomic E-state index is 0.0756. The fourth-order valence-corrected chi connectivity index (χ4v) is 2.23. The van der Waals surface area contributed by atoms with E-state index in [-0.39, 0.29) is 18.6 Å². The van der Waals surface area contributed by atoms with Gasteiger partial charge in [0, 0.05) is 0 Å². The molecule has 0 unspecified atom stereocenters. The number of hydrogen-bond donors (Lipinski definition) is 2. The molecular weight excluding hydrogens is 254 g/mol. The van der Waals surface area contributed by atoms with Crippen LogP contribution in [0.15, 0.2) is 17.8 Å². The molecule has 1 atom stereocenters. The second-order valence-electron chi connectivity index (χ2n) is 3.65. The van der Waals surface area contributed by atoms with Crippen molar-refractivity contribution in [2.45, 2.75) is 19.4 Å². The third kappa shape index (κ3) is 2.54. The number of aliphatic hydroxyl groups excluding tert-OH is 1. The molecule has 2 heterocycles. The van der Waals surface area contributed by atoms with E-state index in [1.807, 2.05) is 6.92 Å². The summed E-state index contributed by atoms with van der Waals surface area (Å²) >= 11 is 1.31. The Morgan fingerprint density at radius 3 is 3.11 bits per heavy atom. The predicted octanol–water partition coefficient (Wildman–Crippen LogP) is 0.225. The quantitative estimate of drug-likeness (QED) is 0.808. The highest BCUT2D eigenvalue weighted by atomic mass is 32.1. The second-order valence-corrected chi connectivity index (χ2v) is 4.57. The zero-order chi connectivity index (χ0) is 13.0. The zero-order valence-electron chi connectivity index (χ0n) is 9.78. The Kier molecular flexibility index (Phi) is 4.00. The van der Waals surface area contributed by atoms with Gasteiger partial charge in [-0.2, -0.15) is 4.68 Å². The van der Waals surface area contributed by atoms with E-state index in [0.717, 1.165) is 0 Å². The van der Waals surface area contributed by atoms with Crippen LogP contribution in [0.2, 0.25) is 0 Å². The van der Waals surface area contributed by atoms with Gasteiger partial charge in [0.05, 0.1) is 18.3 Å². The Morgan fingerprint density at radius 1 is 1.67 bits per heavy atom. The molecule has 7 nitrogen and oxygen atoms in total. The monoisotopic (exact) mass is 267 g/mol. The Bertz CT molecular complexity index is 506. The molecule has 8 heteroatoms. The molecule has 0 spiro atoms. The van der Waals surface area contributed by atoms with E-state index >= 15 is 0 Å². The first-order valence-electron chi connectivity index (χ1n) is 5.48. The summed E-state index contributed by atoms with van der Waals surface area (Å²) in [6.07, 6.45) is 2.11. The molecule has 0 aliphatic carbocycles. The van der Waals surface area contributed by atoms with Crippen LogP contribution in [0.25, 0.3) is 5.69 Å². The minimum atomic E-state index is -0.235. The van der Waals surface area contributed by atoms with Gasteiger partial charge >= 0.3 is 0 Å². The van der Waals surface area contributed by atoms with Crippen LogP contribution in [-0.2, 0) is 0 Å². The van der Waals surface area contributed by atoms with Crippen molar-refractivity contribution in [2.75, 3.05) is 6.61 Å². The van der Waals surface area contributed by atoms with Crippen molar-refractivity contribution in [1.82, 2.24) is 25.5 Å². The van der Waals surface area contributed by atoms with Gasteiger partial charge in [0.25, 0.3) is 5.91 Å². The lowest BCUT2D eigenvalue weighted by atomic mass is 10.2. The van der Waals surface area contributed by atoms with Crippen LogP contribution in [0.5, 0.6) is 0 Å². The van der Waals surface area contributed by atoms with E-state index in [1.54, 1.807) is 11.4 Å². The van der Waals surface area contributed by atoms with Crippen LogP contribution in [0.4, 0.5) is 0 Å². The van der Waals surface area contributed by atoms with Gasteiger partial charge in [0.2, 0.25) is 0 Å². The molecule has 0 saturated carbocycles. The van der Waals surface area contributed by atoms with Crippen molar-refractivity contribution in [3.63, 3.8) is 0 Å². The highest BCUT2D eigenvalue weighted by Gasteiger charge is 2.17. The highest BCUT2D eigenvalue weighted by molar-refractivity contribution is 7.12. The van der Waals surface area contributed by atoms with Crippen molar-refractivity contribution < 1.29 is 9.90 Å². The van der Waals surface area contributed by atoms with Crippen LogP contribution in [-0.4, -0.2) is 43.9 Å². The standard InChI is InChI=1S/C10H13N5O2S/c1-2-7(5-16)12-10(17)9-8(3-4-18-9)15-6-11-13-14-15/h3-4,6-7,16H,2,5H2,1H3,(H,12,17)/t7-/m0/s1. The number of nitrogens with one attached hydrogen (secondary N) is 1. The van der Waals surface area contributed by atoms with Gasteiger partial charge in [-0.3, -0.25) is 4.79 Å². The van der Waals surface area contributed by atoms with Crippen molar-refractivity contribution in [1.29, 1.82) is 0 Å². The Morgan fingerprint density at radius 2 is 2.50 bits per heavy atom. The molecule has 0 radical (unpaired) electrons. The van der Waals surface area contributed by atoms with E-state index in [1.165, 1.54) is 22.3 Å². The van der Waals surface area contributed by atoms with Gasteiger partial charge in [-0.25, -0.2) is 0 Å². The number of hydrogen-bond acceptors (Lipinski definition) is 6. The largest absolute Gasteiger partial charge is 0.394 e. The fraction of sp³-hybridized carbons (Fsp3) is 0.400. The maximum Gasteiger partial charge on any atom is 0.263 e. The molecule has 0 saturated heterocycles. The first kappa shape index (κ1) is 12.7. The molecule has 1 amide bonds. The maximum absolute atomic E-state index is 12.1. The van der Waals surface area contributed by atoms with Crippen LogP contribution in [0.3, 0.4) is 0 Å². The average Bonchev–Trinajstić information content (AvgIpc) is 3.04. The molecule has 96 valence electrons. The summed E-state index contributed by atoms with van der Waals surface area (Å²) in [5.41, 5.74) is 0.635. The molecular formula is C10H13N5O2S. The predicted molar refractivity (Wildman–Crippen MR) is 65.7 cm³/mol. The van der Waals surface area contributed by atoms with E-state index in [2.05, 4.69) is 20.8 Å². The average molecular weight is 267 g/mol. The third-order valence-electron chi connectivity index (χ3n) is 2.49. The van der Waals surface area contributed by atoms with Crippen molar-refractivity contribution in [3.8, 4) is 5.69 Å². The SMILES string of the molecule is CC[C@@H](CO)NC(=O)c1sccc1-n1cnnn1. The van der Waals surface area contributed by atoms with Crippen LogP contribution in [0.1, 0.15) is 23.0 Å². The normalized spacial score (nSPS) is 12.3. The Labute approximate surface area is 107 Å². The maximum atomic E-state index is 12.1. The van der Waals surface area contributed by atoms with Gasteiger partial charge in [-0.1, -0.05) is 6.92 Å². The fourth-order valence-electron chi connectivity index (χ4n) is 1.45. The number of aromatic nitrogens is 4. The van der Waals surface area contributed by atoms with Gasteiger partial charge < -0.3 is 10.4 Å².